The molecule has 0 heterocycles. The van der Waals surface area contributed by atoms with E-state index in [1.165, 1.54) is 0 Å². The van der Waals surface area contributed by atoms with E-state index >= 15 is 0 Å². The van der Waals surface area contributed by atoms with Crippen LogP contribution in [0.5, 0.6) is 5.75 Å². The lowest BCUT2D eigenvalue weighted by molar-refractivity contribution is 0.483. The number of phenolic OH excluding ortho intramolecular Hbond substituents is 1. The highest BCUT2D eigenvalue weighted by molar-refractivity contribution is 5.94. The highest BCUT2D eigenvalue weighted by atomic mass is 16.3. The van der Waals surface area contributed by atoms with Gasteiger partial charge in [-0.3, -0.25) is 4.99 Å². The Morgan fingerprint density at radius 3 is 2.71 bits per heavy atom. The molecular formula is C12H11NO. The Balaban J connectivity index is 2.92. The van der Waals surface area contributed by atoms with Gasteiger partial charge < -0.3 is 5.11 Å². The second-order valence-corrected chi connectivity index (χ2v) is 3.27. The normalized spacial score (nSPS) is 10.4. The van der Waals surface area contributed by atoms with Gasteiger partial charge in [-0.25, -0.2) is 0 Å². The van der Waals surface area contributed by atoms with Gasteiger partial charge in [-0.1, -0.05) is 24.3 Å². The summed E-state index contributed by atoms with van der Waals surface area (Å²) in [5, 5.41) is 11.7. The molecule has 0 fully saturated rings. The Bertz CT molecular complexity index is 503. The van der Waals surface area contributed by atoms with Crippen molar-refractivity contribution < 1.29 is 5.11 Å². The van der Waals surface area contributed by atoms with E-state index in [-0.39, 0.29) is 5.75 Å². The van der Waals surface area contributed by atoms with Gasteiger partial charge in [0.1, 0.15) is 11.4 Å². The summed E-state index contributed by atoms with van der Waals surface area (Å²) in [7, 11) is 0. The zero-order valence-corrected chi connectivity index (χ0v) is 7.99. The summed E-state index contributed by atoms with van der Waals surface area (Å²) in [4.78, 5) is 3.82. The van der Waals surface area contributed by atoms with Crippen LogP contribution in [0.2, 0.25) is 0 Å². The Hall–Kier alpha value is -1.83. The molecule has 0 radical (unpaired) electrons. The number of aryl methyl sites for hydroxylation is 1. The highest BCUT2D eigenvalue weighted by Crippen LogP contribution is 2.37. The minimum atomic E-state index is 0.218. The molecule has 2 nitrogen and oxygen atoms in total. The summed E-state index contributed by atoms with van der Waals surface area (Å²) in [5.41, 5.74) is 1.51. The van der Waals surface area contributed by atoms with Crippen LogP contribution in [-0.2, 0) is 0 Å². The SMILES string of the molecule is C=Nc1c(C)cc2ccccc2c1O. The standard InChI is InChI=1S/C12H11NO/c1-8-7-9-5-3-4-6-10(9)12(14)11(8)13-2/h3-7,14H,2H2,1H3. The van der Waals surface area contributed by atoms with E-state index in [0.717, 1.165) is 16.3 Å². The molecule has 0 saturated heterocycles. The molecule has 0 aromatic heterocycles. The number of phenols is 1. The molecule has 0 aliphatic heterocycles. The van der Waals surface area contributed by atoms with Crippen LogP contribution < -0.4 is 0 Å². The number of fused-ring (bicyclic) bond motifs is 1. The first-order valence-corrected chi connectivity index (χ1v) is 4.42. The average Bonchev–Trinajstić information content (AvgIpc) is 2.18. The lowest BCUT2D eigenvalue weighted by atomic mass is 10.0. The number of hydrogen-bond donors (Lipinski definition) is 1. The third-order valence-corrected chi connectivity index (χ3v) is 2.34. The van der Waals surface area contributed by atoms with Crippen molar-refractivity contribution >= 4 is 23.2 Å². The Kier molecular flexibility index (Phi) is 1.97. The molecule has 2 aromatic rings. The third kappa shape index (κ3) is 1.16. The molecule has 2 heteroatoms. The number of rotatable bonds is 1. The van der Waals surface area contributed by atoms with E-state index in [0.29, 0.717) is 5.69 Å². The maximum absolute atomic E-state index is 9.90. The van der Waals surface area contributed by atoms with Crippen LogP contribution in [0.1, 0.15) is 5.56 Å². The molecule has 70 valence electrons. The maximum atomic E-state index is 9.90. The van der Waals surface area contributed by atoms with E-state index < -0.39 is 0 Å². The first-order chi connectivity index (χ1) is 6.74. The zero-order chi connectivity index (χ0) is 10.1. The molecule has 0 bridgehead atoms. The monoisotopic (exact) mass is 185 g/mol. The summed E-state index contributed by atoms with van der Waals surface area (Å²) in [5.74, 6) is 0.218. The Morgan fingerprint density at radius 2 is 2.00 bits per heavy atom. The van der Waals surface area contributed by atoms with Crippen molar-refractivity contribution in [3.8, 4) is 5.75 Å². The topological polar surface area (TPSA) is 32.6 Å². The molecule has 0 saturated carbocycles. The van der Waals surface area contributed by atoms with Gasteiger partial charge in [0, 0.05) is 5.39 Å². The van der Waals surface area contributed by atoms with E-state index in [1.807, 2.05) is 37.3 Å². The molecule has 0 unspecified atom stereocenters. The van der Waals surface area contributed by atoms with Crippen molar-refractivity contribution in [3.63, 3.8) is 0 Å². The summed E-state index contributed by atoms with van der Waals surface area (Å²) >= 11 is 0. The first-order valence-electron chi connectivity index (χ1n) is 4.42. The molecule has 0 amide bonds. The Morgan fingerprint density at radius 1 is 1.29 bits per heavy atom. The lowest BCUT2D eigenvalue weighted by Crippen LogP contribution is -1.79. The highest BCUT2D eigenvalue weighted by Gasteiger charge is 2.07. The van der Waals surface area contributed by atoms with Gasteiger partial charge >= 0.3 is 0 Å². The summed E-state index contributed by atoms with van der Waals surface area (Å²) in [6.45, 7) is 5.36. The van der Waals surface area contributed by atoms with Crippen molar-refractivity contribution in [2.24, 2.45) is 4.99 Å². The fraction of sp³-hybridized carbons (Fsp3) is 0.0833. The smallest absolute Gasteiger partial charge is 0.149 e. The van der Waals surface area contributed by atoms with Crippen LogP contribution >= 0.6 is 0 Å². The fourth-order valence-corrected chi connectivity index (χ4v) is 1.65. The average molecular weight is 185 g/mol. The fourth-order valence-electron chi connectivity index (χ4n) is 1.65. The molecule has 2 rings (SSSR count). The van der Waals surface area contributed by atoms with E-state index in [4.69, 9.17) is 0 Å². The van der Waals surface area contributed by atoms with Crippen molar-refractivity contribution in [2.75, 3.05) is 0 Å². The van der Waals surface area contributed by atoms with Crippen molar-refractivity contribution in [1.29, 1.82) is 0 Å². The first kappa shape index (κ1) is 8.75. The second-order valence-electron chi connectivity index (χ2n) is 3.27. The lowest BCUT2D eigenvalue weighted by Gasteiger charge is -2.06. The molecular weight excluding hydrogens is 174 g/mol. The molecule has 0 aliphatic carbocycles. The van der Waals surface area contributed by atoms with Gasteiger partial charge in [-0.15, -0.1) is 0 Å². The minimum Gasteiger partial charge on any atom is -0.505 e. The van der Waals surface area contributed by atoms with Crippen LogP contribution in [0, 0.1) is 6.92 Å². The molecule has 0 atom stereocenters. The largest absolute Gasteiger partial charge is 0.505 e. The van der Waals surface area contributed by atoms with Gasteiger partial charge in [-0.2, -0.15) is 0 Å². The molecule has 14 heavy (non-hydrogen) atoms. The van der Waals surface area contributed by atoms with Gasteiger partial charge in [0.25, 0.3) is 0 Å². The van der Waals surface area contributed by atoms with Crippen LogP contribution in [0.25, 0.3) is 10.8 Å². The molecule has 2 aromatic carbocycles. The van der Waals surface area contributed by atoms with Gasteiger partial charge in [-0.05, 0) is 30.7 Å². The minimum absolute atomic E-state index is 0.218. The van der Waals surface area contributed by atoms with Crippen LogP contribution in [-0.4, -0.2) is 11.8 Å². The summed E-state index contributed by atoms with van der Waals surface area (Å²) in [6, 6.07) is 9.68. The van der Waals surface area contributed by atoms with Gasteiger partial charge in [0.15, 0.2) is 0 Å². The van der Waals surface area contributed by atoms with Gasteiger partial charge in [0.05, 0.1) is 0 Å². The number of nitrogens with zero attached hydrogens (tertiary/aromatic N) is 1. The second kappa shape index (κ2) is 3.14. The molecule has 1 N–H and O–H groups in total. The predicted molar refractivity (Wildman–Crippen MR) is 59.6 cm³/mol. The van der Waals surface area contributed by atoms with Crippen LogP contribution in [0.3, 0.4) is 0 Å². The van der Waals surface area contributed by atoms with Gasteiger partial charge in [0.2, 0.25) is 0 Å². The van der Waals surface area contributed by atoms with Crippen molar-refractivity contribution in [2.45, 2.75) is 6.92 Å². The quantitative estimate of drug-likeness (QED) is 0.680. The van der Waals surface area contributed by atoms with Crippen molar-refractivity contribution in [3.05, 3.63) is 35.9 Å². The number of benzene rings is 2. The molecule has 0 aliphatic rings. The number of aromatic hydroxyl groups is 1. The van der Waals surface area contributed by atoms with Crippen molar-refractivity contribution in [1.82, 2.24) is 0 Å². The zero-order valence-electron chi connectivity index (χ0n) is 7.99. The summed E-state index contributed by atoms with van der Waals surface area (Å²) in [6.07, 6.45) is 0. The maximum Gasteiger partial charge on any atom is 0.149 e. The molecule has 0 spiro atoms. The Labute approximate surface area is 82.5 Å². The number of aliphatic imine (C=N–C) groups is 1. The summed E-state index contributed by atoms with van der Waals surface area (Å²) < 4.78 is 0. The van der Waals surface area contributed by atoms with E-state index in [9.17, 15) is 5.11 Å². The van der Waals surface area contributed by atoms with Crippen LogP contribution in [0.4, 0.5) is 5.69 Å². The number of hydrogen-bond acceptors (Lipinski definition) is 2. The van der Waals surface area contributed by atoms with Crippen LogP contribution in [0.15, 0.2) is 35.3 Å². The predicted octanol–water partition coefficient (Wildman–Crippen LogP) is 3.19. The van der Waals surface area contributed by atoms with E-state index in [2.05, 4.69) is 11.7 Å². The third-order valence-electron chi connectivity index (χ3n) is 2.34. The van der Waals surface area contributed by atoms with E-state index in [1.54, 1.807) is 0 Å².